The third-order valence-corrected chi connectivity index (χ3v) is 3.64. The van der Waals surface area contributed by atoms with Crippen molar-refractivity contribution in [2.45, 2.75) is 25.3 Å². The minimum atomic E-state index is -0.384. The Morgan fingerprint density at radius 1 is 1.20 bits per heavy atom. The number of anilines is 1. The van der Waals surface area contributed by atoms with Gasteiger partial charge in [-0.2, -0.15) is 5.26 Å². The minimum absolute atomic E-state index is 0.342. The summed E-state index contributed by atoms with van der Waals surface area (Å²) in [5.74, 6) is 0.308. The predicted octanol–water partition coefficient (Wildman–Crippen LogP) is 4.19. The molecule has 1 aliphatic carbocycles. The number of nitrogens with zero attached hydrogens (tertiary/aromatic N) is 1. The lowest BCUT2D eigenvalue weighted by Gasteiger charge is -2.12. The molecule has 2 aromatic rings. The molecule has 2 nitrogen and oxygen atoms in total. The third-order valence-electron chi connectivity index (χ3n) is 3.64. The monoisotopic (exact) mass is 266 g/mol. The van der Waals surface area contributed by atoms with Crippen molar-refractivity contribution in [1.29, 1.82) is 5.26 Å². The molecular weight excluding hydrogens is 251 g/mol. The highest BCUT2D eigenvalue weighted by Crippen LogP contribution is 2.41. The molecule has 0 bridgehead atoms. The highest BCUT2D eigenvalue weighted by Gasteiger charge is 2.25. The van der Waals surface area contributed by atoms with E-state index in [9.17, 15) is 4.39 Å². The van der Waals surface area contributed by atoms with Gasteiger partial charge in [-0.1, -0.05) is 24.3 Å². The van der Waals surface area contributed by atoms with E-state index in [1.54, 1.807) is 6.07 Å². The van der Waals surface area contributed by atoms with Crippen molar-refractivity contribution in [3.63, 3.8) is 0 Å². The fourth-order valence-electron chi connectivity index (χ4n) is 2.44. The summed E-state index contributed by atoms with van der Waals surface area (Å²) in [4.78, 5) is 0. The minimum Gasteiger partial charge on any atom is -0.380 e. The van der Waals surface area contributed by atoms with Crippen molar-refractivity contribution < 1.29 is 4.39 Å². The molecule has 0 atom stereocenters. The number of benzene rings is 2. The maximum atomic E-state index is 13.1. The van der Waals surface area contributed by atoms with E-state index in [0.717, 1.165) is 0 Å². The van der Waals surface area contributed by atoms with Gasteiger partial charge in [0.1, 0.15) is 11.9 Å². The van der Waals surface area contributed by atoms with Crippen molar-refractivity contribution in [3.8, 4) is 6.07 Å². The Hall–Kier alpha value is -2.34. The van der Waals surface area contributed by atoms with Crippen LogP contribution in [-0.4, -0.2) is 0 Å². The molecule has 1 saturated carbocycles. The van der Waals surface area contributed by atoms with Crippen molar-refractivity contribution in [1.82, 2.24) is 0 Å². The van der Waals surface area contributed by atoms with E-state index in [1.807, 2.05) is 12.1 Å². The smallest absolute Gasteiger partial charge is 0.124 e. The van der Waals surface area contributed by atoms with Crippen LogP contribution in [0.4, 0.5) is 10.1 Å². The van der Waals surface area contributed by atoms with Crippen molar-refractivity contribution >= 4 is 5.69 Å². The van der Waals surface area contributed by atoms with Gasteiger partial charge in [-0.25, -0.2) is 4.39 Å². The molecule has 2 aromatic carbocycles. The van der Waals surface area contributed by atoms with Gasteiger partial charge in [-0.05, 0) is 48.1 Å². The Bertz CT molecular complexity index is 669. The van der Waals surface area contributed by atoms with E-state index < -0.39 is 0 Å². The molecule has 1 aliphatic rings. The second-order valence-electron chi connectivity index (χ2n) is 5.13. The molecule has 0 aliphatic heterocycles. The van der Waals surface area contributed by atoms with Crippen LogP contribution in [-0.2, 0) is 6.54 Å². The molecular formula is C17H15FN2. The van der Waals surface area contributed by atoms with Gasteiger partial charge in [-0.15, -0.1) is 0 Å². The van der Waals surface area contributed by atoms with E-state index in [1.165, 1.54) is 36.1 Å². The van der Waals surface area contributed by atoms with Gasteiger partial charge in [0, 0.05) is 6.54 Å². The van der Waals surface area contributed by atoms with Crippen LogP contribution in [0.2, 0.25) is 0 Å². The zero-order valence-corrected chi connectivity index (χ0v) is 11.1. The fourth-order valence-corrected chi connectivity index (χ4v) is 2.44. The Labute approximate surface area is 117 Å². The molecule has 1 N–H and O–H groups in total. The first-order chi connectivity index (χ1) is 9.78. The van der Waals surface area contributed by atoms with Crippen LogP contribution in [0.25, 0.3) is 0 Å². The standard InChI is InChI=1S/C17H15FN2/c18-15-7-8-17(14(9-15)10-19)20-11-13-3-1-2-4-16(13)12-5-6-12/h1-4,7-9,12,20H,5-6,11H2. The zero-order valence-electron chi connectivity index (χ0n) is 11.1. The first-order valence-corrected chi connectivity index (χ1v) is 6.79. The molecule has 0 saturated heterocycles. The van der Waals surface area contributed by atoms with Gasteiger partial charge in [-0.3, -0.25) is 0 Å². The molecule has 0 aromatic heterocycles. The van der Waals surface area contributed by atoms with Gasteiger partial charge < -0.3 is 5.32 Å². The molecule has 3 rings (SSSR count). The Morgan fingerprint density at radius 3 is 2.75 bits per heavy atom. The van der Waals surface area contributed by atoms with Crippen LogP contribution >= 0.6 is 0 Å². The van der Waals surface area contributed by atoms with Crippen molar-refractivity contribution in [2.24, 2.45) is 0 Å². The largest absolute Gasteiger partial charge is 0.380 e. The number of hydrogen-bond acceptors (Lipinski definition) is 2. The van der Waals surface area contributed by atoms with Crippen LogP contribution in [0.1, 0.15) is 35.4 Å². The van der Waals surface area contributed by atoms with Gasteiger partial charge in [0.25, 0.3) is 0 Å². The highest BCUT2D eigenvalue weighted by atomic mass is 19.1. The Morgan fingerprint density at radius 2 is 2.00 bits per heavy atom. The normalized spacial score (nSPS) is 13.8. The van der Waals surface area contributed by atoms with E-state index >= 15 is 0 Å². The van der Waals surface area contributed by atoms with Crippen LogP contribution in [0.3, 0.4) is 0 Å². The van der Waals surface area contributed by atoms with Gasteiger partial charge in [0.15, 0.2) is 0 Å². The lowest BCUT2D eigenvalue weighted by molar-refractivity contribution is 0.627. The van der Waals surface area contributed by atoms with Gasteiger partial charge in [0.2, 0.25) is 0 Å². The van der Waals surface area contributed by atoms with E-state index in [0.29, 0.717) is 23.7 Å². The summed E-state index contributed by atoms with van der Waals surface area (Å²) in [6.07, 6.45) is 2.52. The van der Waals surface area contributed by atoms with Gasteiger partial charge in [0.05, 0.1) is 11.3 Å². The second kappa shape index (κ2) is 5.34. The Kier molecular flexibility index (Phi) is 3.39. The summed E-state index contributed by atoms with van der Waals surface area (Å²) in [6, 6.07) is 14.6. The molecule has 0 spiro atoms. The van der Waals surface area contributed by atoms with Crippen molar-refractivity contribution in [3.05, 3.63) is 65.0 Å². The average Bonchev–Trinajstić information content (AvgIpc) is 3.31. The first-order valence-electron chi connectivity index (χ1n) is 6.79. The topological polar surface area (TPSA) is 35.8 Å². The molecule has 20 heavy (non-hydrogen) atoms. The number of rotatable bonds is 4. The number of hydrogen-bond donors (Lipinski definition) is 1. The quantitative estimate of drug-likeness (QED) is 0.900. The molecule has 3 heteroatoms. The van der Waals surface area contributed by atoms with E-state index in [4.69, 9.17) is 5.26 Å². The lowest BCUT2D eigenvalue weighted by Crippen LogP contribution is -2.04. The van der Waals surface area contributed by atoms with Crippen LogP contribution < -0.4 is 5.32 Å². The van der Waals surface area contributed by atoms with Gasteiger partial charge >= 0.3 is 0 Å². The predicted molar refractivity (Wildman–Crippen MR) is 76.9 cm³/mol. The highest BCUT2D eigenvalue weighted by molar-refractivity contribution is 5.57. The fraction of sp³-hybridized carbons (Fsp3) is 0.235. The number of halogens is 1. The van der Waals surface area contributed by atoms with Crippen LogP contribution in [0, 0.1) is 17.1 Å². The summed E-state index contributed by atoms with van der Waals surface area (Å²) in [7, 11) is 0. The SMILES string of the molecule is N#Cc1cc(F)ccc1NCc1ccccc1C1CC1. The zero-order chi connectivity index (χ0) is 13.9. The van der Waals surface area contributed by atoms with E-state index in [-0.39, 0.29) is 5.82 Å². The second-order valence-corrected chi connectivity index (χ2v) is 5.13. The molecule has 0 radical (unpaired) electrons. The van der Waals surface area contributed by atoms with Crippen LogP contribution in [0.15, 0.2) is 42.5 Å². The third kappa shape index (κ3) is 2.65. The maximum Gasteiger partial charge on any atom is 0.124 e. The molecule has 0 heterocycles. The summed E-state index contributed by atoms with van der Waals surface area (Å²) in [5, 5.41) is 12.3. The van der Waals surface area contributed by atoms with Crippen LogP contribution in [0.5, 0.6) is 0 Å². The summed E-state index contributed by atoms with van der Waals surface area (Å²) in [6.45, 7) is 0.660. The Balaban J connectivity index is 1.79. The summed E-state index contributed by atoms with van der Waals surface area (Å²) < 4.78 is 13.1. The molecule has 0 amide bonds. The van der Waals surface area contributed by atoms with E-state index in [2.05, 4.69) is 23.5 Å². The summed E-state index contributed by atoms with van der Waals surface area (Å²) >= 11 is 0. The maximum absolute atomic E-state index is 13.1. The van der Waals surface area contributed by atoms with Crippen molar-refractivity contribution in [2.75, 3.05) is 5.32 Å². The molecule has 1 fully saturated rings. The number of nitriles is 1. The lowest BCUT2D eigenvalue weighted by atomic mass is 10.0. The number of nitrogens with one attached hydrogen (secondary N) is 1. The first kappa shape index (κ1) is 12.7. The molecule has 0 unspecified atom stereocenters. The summed E-state index contributed by atoms with van der Waals surface area (Å²) in [5.41, 5.74) is 3.66. The molecule has 100 valence electrons. The average molecular weight is 266 g/mol.